The van der Waals surface area contributed by atoms with Crippen LogP contribution in [0.25, 0.3) is 0 Å². The van der Waals surface area contributed by atoms with Crippen LogP contribution in [0.15, 0.2) is 48.5 Å². The summed E-state index contributed by atoms with van der Waals surface area (Å²) < 4.78 is 5.21. The average Bonchev–Trinajstić information content (AvgIpc) is 2.50. The van der Waals surface area contributed by atoms with Crippen LogP contribution in [0, 0.1) is 0 Å². The zero-order valence-electron chi connectivity index (χ0n) is 11.9. The Labute approximate surface area is 129 Å². The maximum absolute atomic E-state index is 12.2. The number of carbonyl (C=O) groups excluding carboxylic acids is 1. The first-order valence-corrected chi connectivity index (χ1v) is 6.94. The van der Waals surface area contributed by atoms with Crippen molar-refractivity contribution < 1.29 is 9.53 Å². The quantitative estimate of drug-likeness (QED) is 0.883. The number of anilines is 2. The Morgan fingerprint density at radius 1 is 1.14 bits per heavy atom. The number of rotatable bonds is 5. The first kappa shape index (κ1) is 15.2. The van der Waals surface area contributed by atoms with Crippen LogP contribution in [-0.4, -0.2) is 19.1 Å². The largest absolute Gasteiger partial charge is 0.495 e. The molecule has 110 valence electrons. The van der Waals surface area contributed by atoms with E-state index in [0.717, 1.165) is 5.69 Å². The average molecular weight is 305 g/mol. The Kier molecular flexibility index (Phi) is 5.06. The summed E-state index contributed by atoms with van der Waals surface area (Å²) in [5.41, 5.74) is 1.48. The van der Waals surface area contributed by atoms with Gasteiger partial charge in [-0.1, -0.05) is 23.7 Å². The fourth-order valence-electron chi connectivity index (χ4n) is 1.85. The molecule has 0 aliphatic heterocycles. The fourth-order valence-corrected chi connectivity index (χ4v) is 1.98. The van der Waals surface area contributed by atoms with Gasteiger partial charge in [-0.3, -0.25) is 4.79 Å². The van der Waals surface area contributed by atoms with E-state index in [-0.39, 0.29) is 5.91 Å². The number of hydrogen-bond donors (Lipinski definition) is 2. The van der Waals surface area contributed by atoms with Gasteiger partial charge in [0.1, 0.15) is 11.8 Å². The van der Waals surface area contributed by atoms with E-state index in [1.807, 2.05) is 24.3 Å². The van der Waals surface area contributed by atoms with Gasteiger partial charge in [-0.15, -0.1) is 0 Å². The Morgan fingerprint density at radius 2 is 1.81 bits per heavy atom. The lowest BCUT2D eigenvalue weighted by Crippen LogP contribution is -2.31. The van der Waals surface area contributed by atoms with Crippen LogP contribution in [0.2, 0.25) is 5.02 Å². The molecule has 0 heterocycles. The summed E-state index contributed by atoms with van der Waals surface area (Å²) in [6.07, 6.45) is 0. The minimum atomic E-state index is -0.393. The van der Waals surface area contributed by atoms with E-state index in [1.165, 1.54) is 0 Å². The van der Waals surface area contributed by atoms with Crippen LogP contribution in [0.1, 0.15) is 6.92 Å². The standard InChI is InChI=1S/C16H17ClN2O2/c1-11(18-13-9-7-12(17)8-10-13)16(20)19-14-5-3-4-6-15(14)21-2/h3-11,18H,1-2H3,(H,19,20)/t11-/m1/s1. The fraction of sp³-hybridized carbons (Fsp3) is 0.188. The van der Waals surface area contributed by atoms with Crippen molar-refractivity contribution in [1.29, 1.82) is 0 Å². The summed E-state index contributed by atoms with van der Waals surface area (Å²) in [6.45, 7) is 1.79. The topological polar surface area (TPSA) is 50.4 Å². The normalized spacial score (nSPS) is 11.6. The number of nitrogens with one attached hydrogen (secondary N) is 2. The van der Waals surface area contributed by atoms with E-state index in [2.05, 4.69) is 10.6 Å². The third-order valence-electron chi connectivity index (χ3n) is 2.99. The predicted molar refractivity (Wildman–Crippen MR) is 86.2 cm³/mol. The van der Waals surface area contributed by atoms with Crippen molar-refractivity contribution in [1.82, 2.24) is 0 Å². The van der Waals surface area contributed by atoms with E-state index in [4.69, 9.17) is 16.3 Å². The molecule has 0 saturated heterocycles. The van der Waals surface area contributed by atoms with E-state index in [9.17, 15) is 4.79 Å². The lowest BCUT2D eigenvalue weighted by Gasteiger charge is -2.16. The van der Waals surface area contributed by atoms with Crippen molar-refractivity contribution in [3.05, 3.63) is 53.6 Å². The molecular weight excluding hydrogens is 288 g/mol. The summed E-state index contributed by atoms with van der Waals surface area (Å²) in [5.74, 6) is 0.485. The van der Waals surface area contributed by atoms with Gasteiger partial charge in [0.2, 0.25) is 5.91 Å². The molecular formula is C16H17ClN2O2. The number of ether oxygens (including phenoxy) is 1. The van der Waals surface area contributed by atoms with Gasteiger partial charge < -0.3 is 15.4 Å². The number of para-hydroxylation sites is 2. The Balaban J connectivity index is 2.01. The monoisotopic (exact) mass is 304 g/mol. The third-order valence-corrected chi connectivity index (χ3v) is 3.24. The van der Waals surface area contributed by atoms with Gasteiger partial charge in [0.15, 0.2) is 0 Å². The number of benzene rings is 2. The van der Waals surface area contributed by atoms with Gasteiger partial charge in [-0.05, 0) is 43.3 Å². The maximum Gasteiger partial charge on any atom is 0.246 e. The maximum atomic E-state index is 12.2. The zero-order chi connectivity index (χ0) is 15.2. The van der Waals surface area contributed by atoms with Crippen molar-refractivity contribution in [2.24, 2.45) is 0 Å². The van der Waals surface area contributed by atoms with Crippen molar-refractivity contribution in [3.8, 4) is 5.75 Å². The highest BCUT2D eigenvalue weighted by atomic mass is 35.5. The number of amides is 1. The van der Waals surface area contributed by atoms with Crippen LogP contribution in [0.4, 0.5) is 11.4 Å². The molecule has 2 aromatic rings. The molecule has 2 rings (SSSR count). The van der Waals surface area contributed by atoms with Crippen LogP contribution in [0.5, 0.6) is 5.75 Å². The second kappa shape index (κ2) is 6.99. The highest BCUT2D eigenvalue weighted by Gasteiger charge is 2.14. The van der Waals surface area contributed by atoms with Gasteiger partial charge in [0.25, 0.3) is 0 Å². The molecule has 2 N–H and O–H groups in total. The van der Waals surface area contributed by atoms with Crippen LogP contribution in [0.3, 0.4) is 0 Å². The highest BCUT2D eigenvalue weighted by molar-refractivity contribution is 6.30. The molecule has 21 heavy (non-hydrogen) atoms. The summed E-state index contributed by atoms with van der Waals surface area (Å²) in [5, 5.41) is 6.61. The van der Waals surface area contributed by atoms with Gasteiger partial charge in [-0.2, -0.15) is 0 Å². The molecule has 0 unspecified atom stereocenters. The molecule has 4 nitrogen and oxygen atoms in total. The second-order valence-corrected chi connectivity index (χ2v) is 5.00. The summed E-state index contributed by atoms with van der Waals surface area (Å²) >= 11 is 5.83. The van der Waals surface area contributed by atoms with E-state index in [1.54, 1.807) is 38.3 Å². The number of carbonyl (C=O) groups is 1. The predicted octanol–water partition coefficient (Wildman–Crippen LogP) is 3.79. The van der Waals surface area contributed by atoms with Crippen molar-refractivity contribution in [2.45, 2.75) is 13.0 Å². The summed E-state index contributed by atoms with van der Waals surface area (Å²) in [4.78, 5) is 12.2. The number of halogens is 1. The van der Waals surface area contributed by atoms with Crippen molar-refractivity contribution >= 4 is 28.9 Å². The molecule has 0 aliphatic carbocycles. The lowest BCUT2D eigenvalue weighted by atomic mass is 10.2. The lowest BCUT2D eigenvalue weighted by molar-refractivity contribution is -0.116. The molecule has 0 aromatic heterocycles. The number of hydrogen-bond acceptors (Lipinski definition) is 3. The molecule has 0 fully saturated rings. The van der Waals surface area contributed by atoms with Crippen molar-refractivity contribution in [2.75, 3.05) is 17.7 Å². The molecule has 0 spiro atoms. The van der Waals surface area contributed by atoms with E-state index < -0.39 is 6.04 Å². The Hall–Kier alpha value is -2.20. The van der Waals surface area contributed by atoms with Gasteiger partial charge in [-0.25, -0.2) is 0 Å². The second-order valence-electron chi connectivity index (χ2n) is 4.56. The molecule has 0 radical (unpaired) electrons. The van der Waals surface area contributed by atoms with Crippen molar-refractivity contribution in [3.63, 3.8) is 0 Å². The van der Waals surface area contributed by atoms with Gasteiger partial charge in [0.05, 0.1) is 12.8 Å². The van der Waals surface area contributed by atoms with Crippen LogP contribution < -0.4 is 15.4 Å². The van der Waals surface area contributed by atoms with Crippen LogP contribution in [-0.2, 0) is 4.79 Å². The molecule has 1 atom stereocenters. The minimum absolute atomic E-state index is 0.144. The molecule has 1 amide bonds. The summed E-state index contributed by atoms with van der Waals surface area (Å²) in [7, 11) is 1.57. The SMILES string of the molecule is COc1ccccc1NC(=O)[C@@H](C)Nc1ccc(Cl)cc1. The van der Waals surface area contributed by atoms with E-state index in [0.29, 0.717) is 16.5 Å². The molecule has 0 bridgehead atoms. The highest BCUT2D eigenvalue weighted by Crippen LogP contribution is 2.23. The van der Waals surface area contributed by atoms with Gasteiger partial charge in [0, 0.05) is 10.7 Å². The zero-order valence-corrected chi connectivity index (χ0v) is 12.6. The molecule has 5 heteroatoms. The number of methoxy groups -OCH3 is 1. The molecule has 0 aliphatic rings. The molecule has 0 saturated carbocycles. The van der Waals surface area contributed by atoms with Gasteiger partial charge >= 0.3 is 0 Å². The van der Waals surface area contributed by atoms with E-state index >= 15 is 0 Å². The first-order valence-electron chi connectivity index (χ1n) is 6.56. The molecule has 2 aromatic carbocycles. The summed E-state index contributed by atoms with van der Waals surface area (Å²) in [6, 6.07) is 14.1. The van der Waals surface area contributed by atoms with Crippen LogP contribution >= 0.6 is 11.6 Å². The first-order chi connectivity index (χ1) is 10.1. The Bertz CT molecular complexity index is 614. The smallest absolute Gasteiger partial charge is 0.246 e. The Morgan fingerprint density at radius 3 is 2.48 bits per heavy atom. The third kappa shape index (κ3) is 4.13. The minimum Gasteiger partial charge on any atom is -0.495 e.